The summed E-state index contributed by atoms with van der Waals surface area (Å²) < 4.78 is 10.1. The van der Waals surface area contributed by atoms with Gasteiger partial charge in [0, 0.05) is 175 Å². The van der Waals surface area contributed by atoms with Crippen LogP contribution in [0.5, 0.6) is 5.75 Å². The van der Waals surface area contributed by atoms with Crippen LogP contribution < -0.4 is 28.6 Å². The van der Waals surface area contributed by atoms with Crippen molar-refractivity contribution in [3.63, 3.8) is 0 Å². The quantitative estimate of drug-likeness (QED) is 0.0904. The van der Waals surface area contributed by atoms with Gasteiger partial charge in [-0.15, -0.1) is 0 Å². The van der Waals surface area contributed by atoms with E-state index < -0.39 is 0 Å². The molecule has 433 valence electrons. The van der Waals surface area contributed by atoms with Crippen LogP contribution in [0.1, 0.15) is 36.5 Å². The average molecular weight is 1290 g/mol. The summed E-state index contributed by atoms with van der Waals surface area (Å²) in [5, 5.41) is 46.3. The van der Waals surface area contributed by atoms with Gasteiger partial charge in [-0.2, -0.15) is 0 Å². The summed E-state index contributed by atoms with van der Waals surface area (Å²) in [6.07, 6.45) is 9.26. The van der Waals surface area contributed by atoms with Crippen molar-refractivity contribution in [1.82, 2.24) is 34.2 Å². The molecule has 7 aromatic rings. The fourth-order valence-corrected chi connectivity index (χ4v) is 7.33. The molecule has 87 heavy (non-hydrogen) atoms. The Morgan fingerprint density at radius 3 is 0.966 bits per heavy atom. The van der Waals surface area contributed by atoms with Gasteiger partial charge in [0.1, 0.15) is 11.4 Å². The molecule has 9 rings (SSSR count). The molecule has 3 heterocycles. The van der Waals surface area contributed by atoms with Crippen LogP contribution in [-0.4, -0.2) is 216 Å². The number of ketones is 2. The van der Waals surface area contributed by atoms with Crippen molar-refractivity contribution in [1.29, 1.82) is 31.6 Å². The van der Waals surface area contributed by atoms with Gasteiger partial charge in [0.2, 0.25) is 0 Å². The normalized spacial score (nSPS) is 11.3. The van der Waals surface area contributed by atoms with E-state index in [1.165, 1.54) is 24.3 Å². The molecule has 2 aliphatic rings. The van der Waals surface area contributed by atoms with Crippen molar-refractivity contribution in [3.8, 4) is 22.8 Å². The number of nitrogens with two attached hydrogens (primary N) is 1. The molecule has 3 aromatic heterocycles. The van der Waals surface area contributed by atoms with Crippen LogP contribution in [0.2, 0.25) is 0 Å². The first-order valence-electron chi connectivity index (χ1n) is 23.3. The number of nitrogen functional groups attached to an aromatic ring is 1. The van der Waals surface area contributed by atoms with Gasteiger partial charge in [-0.1, -0.05) is 66.7 Å². The van der Waals surface area contributed by atoms with Crippen LogP contribution in [-0.2, 0) is 47.8 Å². The number of nitrogens with zero attached hydrogens (tertiary/aromatic N) is 14. The first-order chi connectivity index (χ1) is 38.9. The summed E-state index contributed by atoms with van der Waals surface area (Å²) in [4.78, 5) is 69.1. The Labute approximate surface area is 644 Å². The van der Waals surface area contributed by atoms with Crippen molar-refractivity contribution >= 4 is 194 Å². The standard InChI is InChI=1S/2C18H17N3O2.C11H13N3O.C7H8O.6CN.Fe.3K.H3N.H2O/c2*1-12-11-15(22)9-10-16(12)19-17-13(2)20(3)21(18(17)23)14-7-5-4-6-8-14;1-8-10(12)11(15)14(13(8)2)9-6-4-3-5-7-9;1-6-3-2-4-7(8)5-6;6*1-2;;;;;;/h2*4-11H,1-3H3;3-7H,12H2,1-2H3;2-5,8H,1H3;;;;;;;;;;;1H3;1H2/q;;;;6*-1;+6;;;;;. The van der Waals surface area contributed by atoms with E-state index in [1.54, 1.807) is 52.4 Å². The number of benzene rings is 4. The number of rotatable bonds is 5. The van der Waals surface area contributed by atoms with E-state index in [4.69, 9.17) is 81.8 Å². The Kier molecular flexibility index (Phi) is 54.6. The summed E-state index contributed by atoms with van der Waals surface area (Å²) >= 11 is 0. The number of aromatic nitrogens is 6. The third-order valence-electron chi connectivity index (χ3n) is 11.4. The van der Waals surface area contributed by atoms with Crippen LogP contribution >= 0.6 is 0 Å². The van der Waals surface area contributed by atoms with E-state index in [2.05, 4.69) is 9.98 Å². The predicted octanol–water partition coefficient (Wildman–Crippen LogP) is 6.82. The van der Waals surface area contributed by atoms with Gasteiger partial charge in [0.05, 0.1) is 45.6 Å². The van der Waals surface area contributed by atoms with Gasteiger partial charge in [0.15, 0.2) is 22.9 Å². The summed E-state index contributed by atoms with van der Waals surface area (Å²) in [5.74, 6) is 0.214. The van der Waals surface area contributed by atoms with Crippen molar-refractivity contribution in [3.05, 3.63) is 256 Å². The molecule has 0 fully saturated rings. The zero-order chi connectivity index (χ0) is 62.1. The van der Waals surface area contributed by atoms with Gasteiger partial charge in [-0.3, -0.25) is 38.0 Å². The number of phenols is 1. The van der Waals surface area contributed by atoms with Crippen LogP contribution in [0.3, 0.4) is 0 Å². The second kappa shape index (κ2) is 50.4. The Morgan fingerprint density at radius 2 is 0.724 bits per heavy atom. The summed E-state index contributed by atoms with van der Waals surface area (Å²) in [6, 6.07) is 35.5. The number of carbonyl (C=O) groups excluding carboxylic acids is 2. The Balaban J connectivity index is -0.000000188. The molecule has 0 aliphatic heterocycles. The minimum absolute atomic E-state index is 0. The smallest absolute Gasteiger partial charge is 0.512 e. The molecule has 23 nitrogen and oxygen atoms in total. The third-order valence-corrected chi connectivity index (χ3v) is 11.4. The molecule has 4 aromatic carbocycles. The number of hydrogen-bond acceptors (Lipinski definition) is 16. The molecular formula is C60H60FeK3N16O7. The second-order valence-corrected chi connectivity index (χ2v) is 16.3. The Bertz CT molecular complexity index is 3560. The van der Waals surface area contributed by atoms with Crippen molar-refractivity contribution in [2.75, 3.05) is 5.73 Å². The van der Waals surface area contributed by atoms with Crippen molar-refractivity contribution in [2.45, 2.75) is 41.5 Å². The molecule has 0 atom stereocenters. The van der Waals surface area contributed by atoms with Crippen molar-refractivity contribution < 1.29 is 37.2 Å². The maximum absolute atomic E-state index is 12.8. The van der Waals surface area contributed by atoms with E-state index >= 15 is 0 Å². The van der Waals surface area contributed by atoms with Gasteiger partial charge < -0.3 is 93.5 Å². The molecule has 0 saturated heterocycles. The zero-order valence-electron chi connectivity index (χ0n) is 50.3. The first-order valence-corrected chi connectivity index (χ1v) is 23.3. The van der Waals surface area contributed by atoms with E-state index in [-0.39, 0.29) is 211 Å². The third kappa shape index (κ3) is 26.8. The number of phenolic OH excluding ortho intramolecular Hbond substituents is 1. The van der Waals surface area contributed by atoms with E-state index in [1.807, 2.05) is 166 Å². The molecular weight excluding hydrogens is 1230 g/mol. The van der Waals surface area contributed by atoms with E-state index in [0.717, 1.165) is 50.9 Å². The second-order valence-electron chi connectivity index (χ2n) is 16.3. The molecule has 0 amide bonds. The molecule has 8 N–H and O–H groups in total. The molecule has 3 radical (unpaired) electrons. The maximum atomic E-state index is 12.8. The minimum Gasteiger partial charge on any atom is -0.512 e. The SMILES string of the molecule is CC1=CC(=O)C=CC1=Nc1c(C)n(C)n(-c2ccccc2)c1=O.CC1=CC(=O)C=CC1=Nc1c(C)n(C)n(-c2ccccc2)c1=O.Cc1c(N)c(=O)n(-c2ccccc2)n1C.Cc1cccc(O)c1.N.O.[C-]#N.[C-]#N.[C-]#N.[C-]#N.[C-]#N.[C-]#N.[Fe+6].[K].[K].[K]. The van der Waals surface area contributed by atoms with Crippen LogP contribution in [0.15, 0.2) is 187 Å². The number of aliphatic imine (C=N–C) groups is 2. The number of para-hydroxylation sites is 3. The minimum atomic E-state index is -0.179. The number of carbonyl (C=O) groups is 2. The van der Waals surface area contributed by atoms with Gasteiger partial charge in [-0.05, 0) is 143 Å². The monoisotopic (exact) mass is 1290 g/mol. The molecule has 0 spiro atoms. The van der Waals surface area contributed by atoms with Gasteiger partial charge in [-0.25, -0.2) is 24.0 Å². The molecule has 0 saturated carbocycles. The first kappa shape index (κ1) is 94.1. The summed E-state index contributed by atoms with van der Waals surface area (Å²) in [5.41, 5.74) is 14.8. The predicted molar refractivity (Wildman–Crippen MR) is 330 cm³/mol. The number of allylic oxidation sites excluding steroid dienone is 8. The van der Waals surface area contributed by atoms with Crippen molar-refractivity contribution in [2.24, 2.45) is 31.1 Å². The number of hydrogen-bond donors (Lipinski definition) is 3. The van der Waals surface area contributed by atoms with Crippen LogP contribution in [0.25, 0.3) is 17.1 Å². The summed E-state index contributed by atoms with van der Waals surface area (Å²) in [6.45, 7) is 39.6. The Hall–Kier alpha value is -6.56. The van der Waals surface area contributed by atoms with Gasteiger partial charge in [0.25, 0.3) is 16.7 Å². The largest absolute Gasteiger partial charge is 6.00 e. The van der Waals surface area contributed by atoms with E-state index in [9.17, 15) is 24.0 Å². The number of aromatic hydroxyl groups is 1. The molecule has 0 bridgehead atoms. The Morgan fingerprint density at radius 1 is 0.437 bits per heavy atom. The topological polar surface area (TPSA) is 395 Å². The zero-order valence-corrected chi connectivity index (χ0v) is 60.8. The van der Waals surface area contributed by atoms with Crippen LogP contribution in [0.4, 0.5) is 17.1 Å². The van der Waals surface area contributed by atoms with Crippen LogP contribution in [0, 0.1) is 98.7 Å². The average Bonchev–Trinajstić information content (AvgIpc) is 2.39. The summed E-state index contributed by atoms with van der Waals surface area (Å²) in [7, 11) is 5.48. The molecule has 27 heteroatoms. The fraction of sp³-hybridized carbons (Fsp3) is 0.150. The fourth-order valence-electron chi connectivity index (χ4n) is 7.33. The number of anilines is 1. The van der Waals surface area contributed by atoms with E-state index in [0.29, 0.717) is 34.2 Å². The maximum Gasteiger partial charge on any atom is 6.00 e. The molecule has 0 unspecified atom stereocenters. The molecule has 2 aliphatic carbocycles. The van der Waals surface area contributed by atoms with Gasteiger partial charge >= 0.3 is 17.1 Å². The number of aryl methyl sites for hydroxylation is 1.